The molecule has 0 aromatic carbocycles. The van der Waals surface area contributed by atoms with E-state index >= 15 is 0 Å². The van der Waals surface area contributed by atoms with Crippen molar-refractivity contribution in [3.05, 3.63) is 18.3 Å². The lowest BCUT2D eigenvalue weighted by molar-refractivity contribution is -0.114. The van der Waals surface area contributed by atoms with Crippen LogP contribution < -0.4 is 10.2 Å². The summed E-state index contributed by atoms with van der Waals surface area (Å²) in [6.07, 6.45) is 5.47. The Morgan fingerprint density at radius 3 is 2.81 bits per heavy atom. The number of nitrogens with one attached hydrogen (secondary N) is 1. The highest BCUT2D eigenvalue weighted by molar-refractivity contribution is 5.91. The van der Waals surface area contributed by atoms with Crippen molar-refractivity contribution in [3.63, 3.8) is 0 Å². The molecule has 1 aliphatic rings. The maximum Gasteiger partial charge on any atom is 0.221 e. The van der Waals surface area contributed by atoms with Gasteiger partial charge in [-0.05, 0) is 31.4 Å². The van der Waals surface area contributed by atoms with Crippen molar-refractivity contribution < 1.29 is 4.79 Å². The third kappa shape index (κ3) is 2.51. The number of piperidine rings is 1. The largest absolute Gasteiger partial charge is 0.355 e. The highest BCUT2D eigenvalue weighted by Crippen LogP contribution is 2.25. The summed E-state index contributed by atoms with van der Waals surface area (Å²) in [7, 11) is 0. The molecule has 2 rings (SSSR count). The molecule has 0 spiro atoms. The van der Waals surface area contributed by atoms with Gasteiger partial charge in [0.2, 0.25) is 5.91 Å². The topological polar surface area (TPSA) is 45.2 Å². The molecule has 0 bridgehead atoms. The van der Waals surface area contributed by atoms with Crippen molar-refractivity contribution >= 4 is 17.4 Å². The summed E-state index contributed by atoms with van der Waals surface area (Å²) >= 11 is 0. The van der Waals surface area contributed by atoms with Crippen molar-refractivity contribution in [1.82, 2.24) is 4.98 Å². The zero-order chi connectivity index (χ0) is 11.4. The minimum absolute atomic E-state index is 0.0498. The maximum atomic E-state index is 11.1. The first-order chi connectivity index (χ1) is 7.77. The average molecular weight is 219 g/mol. The quantitative estimate of drug-likeness (QED) is 0.827. The van der Waals surface area contributed by atoms with Gasteiger partial charge >= 0.3 is 0 Å². The molecule has 1 fully saturated rings. The molecule has 1 N–H and O–H groups in total. The molecule has 0 atom stereocenters. The Morgan fingerprint density at radius 2 is 2.12 bits per heavy atom. The van der Waals surface area contributed by atoms with E-state index in [1.807, 2.05) is 12.1 Å². The molecule has 86 valence electrons. The summed E-state index contributed by atoms with van der Waals surface area (Å²) in [5.41, 5.74) is 0.817. The monoisotopic (exact) mass is 219 g/mol. The van der Waals surface area contributed by atoms with Crippen molar-refractivity contribution in [1.29, 1.82) is 0 Å². The zero-order valence-corrected chi connectivity index (χ0v) is 9.57. The van der Waals surface area contributed by atoms with Gasteiger partial charge in [-0.25, -0.2) is 4.98 Å². The summed E-state index contributed by atoms with van der Waals surface area (Å²) in [6, 6.07) is 3.75. The van der Waals surface area contributed by atoms with Gasteiger partial charge in [-0.1, -0.05) is 0 Å². The number of nitrogens with zero attached hydrogens (tertiary/aromatic N) is 2. The standard InChI is InChI=1S/C12H17N3O/c1-10(16)14-11-6-5-7-13-12(11)15-8-3-2-4-9-15/h5-7H,2-4,8-9H2,1H3,(H,14,16). The van der Waals surface area contributed by atoms with Crippen LogP contribution in [0.1, 0.15) is 26.2 Å². The van der Waals surface area contributed by atoms with E-state index in [1.54, 1.807) is 6.20 Å². The number of anilines is 2. The fraction of sp³-hybridized carbons (Fsp3) is 0.500. The smallest absolute Gasteiger partial charge is 0.221 e. The van der Waals surface area contributed by atoms with E-state index in [4.69, 9.17) is 0 Å². The molecule has 1 aromatic rings. The van der Waals surface area contributed by atoms with Crippen LogP contribution in [0.15, 0.2) is 18.3 Å². The van der Waals surface area contributed by atoms with Crippen LogP contribution >= 0.6 is 0 Å². The van der Waals surface area contributed by atoms with Gasteiger partial charge in [0, 0.05) is 26.2 Å². The fourth-order valence-corrected chi connectivity index (χ4v) is 2.04. The number of hydrogen-bond donors (Lipinski definition) is 1. The normalized spacial score (nSPS) is 15.9. The van der Waals surface area contributed by atoms with Gasteiger partial charge in [0.25, 0.3) is 0 Å². The number of aromatic nitrogens is 1. The summed E-state index contributed by atoms with van der Waals surface area (Å²) in [6.45, 7) is 3.58. The summed E-state index contributed by atoms with van der Waals surface area (Å²) in [5, 5.41) is 2.83. The summed E-state index contributed by atoms with van der Waals surface area (Å²) in [4.78, 5) is 17.7. The third-order valence-corrected chi connectivity index (χ3v) is 2.75. The van der Waals surface area contributed by atoms with E-state index in [1.165, 1.54) is 26.2 Å². The van der Waals surface area contributed by atoms with Gasteiger partial charge in [-0.15, -0.1) is 0 Å². The Kier molecular flexibility index (Phi) is 3.39. The SMILES string of the molecule is CC(=O)Nc1cccnc1N1CCCCC1. The van der Waals surface area contributed by atoms with Crippen LogP contribution in [0.2, 0.25) is 0 Å². The van der Waals surface area contributed by atoms with Crippen molar-refractivity contribution in [2.24, 2.45) is 0 Å². The van der Waals surface area contributed by atoms with E-state index in [9.17, 15) is 4.79 Å². The molecule has 0 unspecified atom stereocenters. The number of hydrogen-bond acceptors (Lipinski definition) is 3. The number of carbonyl (C=O) groups is 1. The second-order valence-electron chi connectivity index (χ2n) is 4.10. The van der Waals surface area contributed by atoms with Crippen LogP contribution in [0.5, 0.6) is 0 Å². The molecule has 1 saturated heterocycles. The first-order valence-electron chi connectivity index (χ1n) is 5.75. The van der Waals surface area contributed by atoms with Crippen LogP contribution in [0.4, 0.5) is 11.5 Å². The van der Waals surface area contributed by atoms with Gasteiger partial charge in [-0.2, -0.15) is 0 Å². The minimum atomic E-state index is -0.0498. The van der Waals surface area contributed by atoms with Crippen molar-refractivity contribution in [2.45, 2.75) is 26.2 Å². The van der Waals surface area contributed by atoms with Gasteiger partial charge in [0.1, 0.15) is 0 Å². The number of pyridine rings is 1. The van der Waals surface area contributed by atoms with Gasteiger partial charge < -0.3 is 10.2 Å². The molecular weight excluding hydrogens is 202 g/mol. The van der Waals surface area contributed by atoms with E-state index in [0.29, 0.717) is 0 Å². The van der Waals surface area contributed by atoms with Crippen LogP contribution in [-0.2, 0) is 4.79 Å². The molecular formula is C12H17N3O. The lowest BCUT2D eigenvalue weighted by Crippen LogP contribution is -2.31. The second kappa shape index (κ2) is 4.96. The summed E-state index contributed by atoms with van der Waals surface area (Å²) < 4.78 is 0. The molecule has 0 radical (unpaired) electrons. The first kappa shape index (κ1) is 10.9. The lowest BCUT2D eigenvalue weighted by atomic mass is 10.1. The van der Waals surface area contributed by atoms with Crippen LogP contribution in [0, 0.1) is 0 Å². The first-order valence-corrected chi connectivity index (χ1v) is 5.75. The van der Waals surface area contributed by atoms with Crippen molar-refractivity contribution in [2.75, 3.05) is 23.3 Å². The predicted octanol–water partition coefficient (Wildman–Crippen LogP) is 2.03. The Hall–Kier alpha value is -1.58. The minimum Gasteiger partial charge on any atom is -0.355 e. The predicted molar refractivity (Wildman–Crippen MR) is 64.6 cm³/mol. The number of rotatable bonds is 2. The molecule has 16 heavy (non-hydrogen) atoms. The highest BCUT2D eigenvalue weighted by Gasteiger charge is 2.15. The van der Waals surface area contributed by atoms with Crippen LogP contribution in [0.3, 0.4) is 0 Å². The summed E-state index contributed by atoms with van der Waals surface area (Å²) in [5.74, 6) is 0.851. The molecule has 0 aliphatic carbocycles. The average Bonchev–Trinajstić information content (AvgIpc) is 2.30. The molecule has 0 saturated carbocycles. The van der Waals surface area contributed by atoms with E-state index in [2.05, 4.69) is 15.2 Å². The molecule has 1 aliphatic heterocycles. The zero-order valence-electron chi connectivity index (χ0n) is 9.57. The molecule has 4 heteroatoms. The molecule has 2 heterocycles. The van der Waals surface area contributed by atoms with Crippen molar-refractivity contribution in [3.8, 4) is 0 Å². The van der Waals surface area contributed by atoms with E-state index < -0.39 is 0 Å². The second-order valence-corrected chi connectivity index (χ2v) is 4.10. The molecule has 1 aromatic heterocycles. The Morgan fingerprint density at radius 1 is 1.38 bits per heavy atom. The Balaban J connectivity index is 2.20. The third-order valence-electron chi connectivity index (χ3n) is 2.75. The Bertz CT molecular complexity index is 372. The highest BCUT2D eigenvalue weighted by atomic mass is 16.1. The fourth-order valence-electron chi connectivity index (χ4n) is 2.04. The Labute approximate surface area is 95.7 Å². The van der Waals surface area contributed by atoms with Crippen LogP contribution in [0.25, 0.3) is 0 Å². The molecule has 1 amide bonds. The van der Waals surface area contributed by atoms with E-state index in [0.717, 1.165) is 24.6 Å². The van der Waals surface area contributed by atoms with Gasteiger partial charge in [0.15, 0.2) is 5.82 Å². The number of amides is 1. The van der Waals surface area contributed by atoms with Gasteiger partial charge in [-0.3, -0.25) is 4.79 Å². The van der Waals surface area contributed by atoms with E-state index in [-0.39, 0.29) is 5.91 Å². The van der Waals surface area contributed by atoms with Crippen LogP contribution in [-0.4, -0.2) is 24.0 Å². The number of carbonyl (C=O) groups excluding carboxylic acids is 1. The maximum absolute atomic E-state index is 11.1. The molecule has 4 nitrogen and oxygen atoms in total. The lowest BCUT2D eigenvalue weighted by Gasteiger charge is -2.29. The van der Waals surface area contributed by atoms with Gasteiger partial charge in [0.05, 0.1) is 5.69 Å².